The summed E-state index contributed by atoms with van der Waals surface area (Å²) in [6.45, 7) is 4.98. The van der Waals surface area contributed by atoms with Gasteiger partial charge in [0, 0.05) is 19.1 Å². The third-order valence-corrected chi connectivity index (χ3v) is 6.17. The van der Waals surface area contributed by atoms with Gasteiger partial charge in [0.1, 0.15) is 0 Å². The van der Waals surface area contributed by atoms with Crippen LogP contribution in [0.4, 0.5) is 4.79 Å². The Kier molecular flexibility index (Phi) is 5.67. The number of amides is 2. The molecule has 0 aromatic carbocycles. The van der Waals surface area contributed by atoms with Gasteiger partial charge < -0.3 is 10.2 Å². The summed E-state index contributed by atoms with van der Waals surface area (Å²) in [6.07, 6.45) is 8.40. The molecule has 5 nitrogen and oxygen atoms in total. The average molecular weight is 314 g/mol. The van der Waals surface area contributed by atoms with E-state index in [2.05, 4.69) is 11.9 Å². The van der Waals surface area contributed by atoms with E-state index < -0.39 is 9.84 Å². The Bertz CT molecular complexity index is 469. The van der Waals surface area contributed by atoms with Gasteiger partial charge in [-0.3, -0.25) is 0 Å². The van der Waals surface area contributed by atoms with Crippen molar-refractivity contribution in [2.24, 2.45) is 5.92 Å². The number of carbonyl (C=O) groups is 1. The van der Waals surface area contributed by atoms with Crippen LogP contribution in [0.5, 0.6) is 0 Å². The van der Waals surface area contributed by atoms with Crippen molar-refractivity contribution in [1.29, 1.82) is 0 Å². The van der Waals surface area contributed by atoms with Crippen molar-refractivity contribution in [3.8, 4) is 0 Å². The summed E-state index contributed by atoms with van der Waals surface area (Å²) in [5, 5.41) is 2.87. The van der Waals surface area contributed by atoms with Crippen molar-refractivity contribution >= 4 is 15.9 Å². The molecule has 1 saturated heterocycles. The van der Waals surface area contributed by atoms with E-state index in [-0.39, 0.29) is 23.6 Å². The highest BCUT2D eigenvalue weighted by Crippen LogP contribution is 2.24. The third-order valence-electron chi connectivity index (χ3n) is 4.40. The van der Waals surface area contributed by atoms with E-state index in [1.807, 2.05) is 0 Å². The van der Waals surface area contributed by atoms with E-state index in [9.17, 15) is 13.2 Å². The minimum absolute atomic E-state index is 0.0735. The Balaban J connectivity index is 1.87. The molecule has 120 valence electrons. The molecule has 1 aliphatic carbocycles. The molecule has 21 heavy (non-hydrogen) atoms. The first-order valence-corrected chi connectivity index (χ1v) is 9.69. The van der Waals surface area contributed by atoms with Crippen molar-refractivity contribution in [2.75, 3.05) is 24.6 Å². The second-order valence-corrected chi connectivity index (χ2v) is 8.48. The molecule has 1 heterocycles. The molecule has 1 atom stereocenters. The Labute approximate surface area is 127 Å². The SMILES string of the molecule is C=CCN(CC1CCCCC1)C(=O)NC1CCS(=O)(=O)C1. The molecule has 0 bridgehead atoms. The average Bonchev–Trinajstić information content (AvgIpc) is 2.78. The van der Waals surface area contributed by atoms with Gasteiger partial charge in [-0.05, 0) is 25.2 Å². The Morgan fingerprint density at radius 3 is 2.52 bits per heavy atom. The lowest BCUT2D eigenvalue weighted by atomic mass is 9.89. The van der Waals surface area contributed by atoms with Gasteiger partial charge in [-0.2, -0.15) is 0 Å². The number of carbonyl (C=O) groups excluding carboxylic acids is 1. The fraction of sp³-hybridized carbons (Fsp3) is 0.800. The minimum Gasteiger partial charge on any atom is -0.334 e. The lowest BCUT2D eigenvalue weighted by Crippen LogP contribution is -2.47. The number of hydrogen-bond acceptors (Lipinski definition) is 3. The van der Waals surface area contributed by atoms with Crippen molar-refractivity contribution in [2.45, 2.75) is 44.6 Å². The van der Waals surface area contributed by atoms with Gasteiger partial charge >= 0.3 is 6.03 Å². The van der Waals surface area contributed by atoms with Crippen LogP contribution in [0.1, 0.15) is 38.5 Å². The molecule has 6 heteroatoms. The molecule has 1 unspecified atom stereocenters. The molecule has 0 aromatic heterocycles. The quantitative estimate of drug-likeness (QED) is 0.789. The third kappa shape index (κ3) is 5.02. The zero-order valence-corrected chi connectivity index (χ0v) is 13.4. The van der Waals surface area contributed by atoms with Crippen LogP contribution in [0.15, 0.2) is 12.7 Å². The predicted octanol–water partition coefficient (Wildman–Crippen LogP) is 1.95. The summed E-state index contributed by atoms with van der Waals surface area (Å²) in [4.78, 5) is 14.1. The van der Waals surface area contributed by atoms with Gasteiger partial charge in [-0.1, -0.05) is 25.3 Å². The summed E-state index contributed by atoms with van der Waals surface area (Å²) in [5.41, 5.74) is 0. The molecule has 0 aromatic rings. The van der Waals surface area contributed by atoms with Crippen LogP contribution in [-0.2, 0) is 9.84 Å². The first-order chi connectivity index (χ1) is 10.00. The normalized spacial score (nSPS) is 25.4. The topological polar surface area (TPSA) is 66.5 Å². The highest BCUT2D eigenvalue weighted by atomic mass is 32.2. The van der Waals surface area contributed by atoms with Crippen LogP contribution in [0.25, 0.3) is 0 Å². The molecule has 2 aliphatic rings. The van der Waals surface area contributed by atoms with E-state index >= 15 is 0 Å². The smallest absolute Gasteiger partial charge is 0.317 e. The van der Waals surface area contributed by atoms with Gasteiger partial charge in [-0.15, -0.1) is 6.58 Å². The Morgan fingerprint density at radius 2 is 1.95 bits per heavy atom. The van der Waals surface area contributed by atoms with Gasteiger partial charge in [0.05, 0.1) is 11.5 Å². The standard InChI is InChI=1S/C15H26N2O3S/c1-2-9-17(11-13-6-4-3-5-7-13)15(18)16-14-8-10-21(19,20)12-14/h2,13-14H,1,3-12H2,(H,16,18). The molecule has 1 saturated carbocycles. The molecule has 1 N–H and O–H groups in total. The molecular formula is C15H26N2O3S. The van der Waals surface area contributed by atoms with E-state index in [4.69, 9.17) is 0 Å². The molecule has 2 amide bonds. The molecule has 0 spiro atoms. The first-order valence-electron chi connectivity index (χ1n) is 7.87. The summed E-state index contributed by atoms with van der Waals surface area (Å²) in [5.74, 6) is 0.823. The summed E-state index contributed by atoms with van der Waals surface area (Å²) in [7, 11) is -2.96. The van der Waals surface area contributed by atoms with Crippen LogP contribution in [0.3, 0.4) is 0 Å². The van der Waals surface area contributed by atoms with Crippen molar-refractivity contribution in [1.82, 2.24) is 10.2 Å². The van der Waals surface area contributed by atoms with Crippen molar-refractivity contribution in [3.05, 3.63) is 12.7 Å². The molecule has 2 fully saturated rings. The van der Waals surface area contributed by atoms with E-state index in [0.717, 1.165) is 6.54 Å². The monoisotopic (exact) mass is 314 g/mol. The summed E-state index contributed by atoms with van der Waals surface area (Å²) in [6, 6.07) is -0.385. The van der Waals surface area contributed by atoms with E-state index in [1.165, 1.54) is 32.1 Å². The number of urea groups is 1. The number of sulfone groups is 1. The predicted molar refractivity (Wildman–Crippen MR) is 83.9 cm³/mol. The minimum atomic E-state index is -2.96. The first kappa shape index (κ1) is 16.3. The molecule has 0 radical (unpaired) electrons. The van der Waals surface area contributed by atoms with Crippen molar-refractivity contribution in [3.63, 3.8) is 0 Å². The second kappa shape index (κ2) is 7.29. The van der Waals surface area contributed by atoms with Crippen LogP contribution >= 0.6 is 0 Å². The van der Waals surface area contributed by atoms with Gasteiger partial charge in [0.2, 0.25) is 0 Å². The highest BCUT2D eigenvalue weighted by molar-refractivity contribution is 7.91. The zero-order chi connectivity index (χ0) is 15.3. The maximum atomic E-state index is 12.3. The fourth-order valence-corrected chi connectivity index (χ4v) is 4.93. The Morgan fingerprint density at radius 1 is 1.24 bits per heavy atom. The van der Waals surface area contributed by atoms with Gasteiger partial charge in [-0.25, -0.2) is 13.2 Å². The van der Waals surface area contributed by atoms with Crippen LogP contribution in [0, 0.1) is 5.92 Å². The molecular weight excluding hydrogens is 288 g/mol. The lowest BCUT2D eigenvalue weighted by Gasteiger charge is -2.30. The molecule has 1 aliphatic heterocycles. The maximum absolute atomic E-state index is 12.3. The largest absolute Gasteiger partial charge is 0.334 e. The van der Waals surface area contributed by atoms with Crippen LogP contribution in [-0.4, -0.2) is 50.0 Å². The Hall–Kier alpha value is -1.04. The lowest BCUT2D eigenvalue weighted by molar-refractivity contribution is 0.182. The summed E-state index contributed by atoms with van der Waals surface area (Å²) >= 11 is 0. The zero-order valence-electron chi connectivity index (χ0n) is 12.6. The van der Waals surface area contributed by atoms with Crippen molar-refractivity contribution < 1.29 is 13.2 Å². The molecule has 2 rings (SSSR count). The number of nitrogens with one attached hydrogen (secondary N) is 1. The number of hydrogen-bond donors (Lipinski definition) is 1. The maximum Gasteiger partial charge on any atom is 0.317 e. The van der Waals surface area contributed by atoms with Gasteiger partial charge in [0.15, 0.2) is 9.84 Å². The van der Waals surface area contributed by atoms with Gasteiger partial charge in [0.25, 0.3) is 0 Å². The van der Waals surface area contributed by atoms with E-state index in [0.29, 0.717) is 18.9 Å². The van der Waals surface area contributed by atoms with Crippen LogP contribution < -0.4 is 5.32 Å². The summed E-state index contributed by atoms with van der Waals surface area (Å²) < 4.78 is 22.9. The number of rotatable bonds is 5. The second-order valence-electron chi connectivity index (χ2n) is 6.25. The number of nitrogens with zero attached hydrogens (tertiary/aromatic N) is 1. The van der Waals surface area contributed by atoms with Crippen LogP contribution in [0.2, 0.25) is 0 Å². The highest BCUT2D eigenvalue weighted by Gasteiger charge is 2.30. The van der Waals surface area contributed by atoms with E-state index in [1.54, 1.807) is 11.0 Å². The fourth-order valence-electron chi connectivity index (χ4n) is 3.25.